The molecule has 0 radical (unpaired) electrons. The Balaban J connectivity index is 1.45. The fourth-order valence-electron chi connectivity index (χ4n) is 5.99. The number of rotatable bonds is 23. The van der Waals surface area contributed by atoms with Gasteiger partial charge in [0.15, 0.2) is 0 Å². The molecule has 206 valence electrons. The van der Waals surface area contributed by atoms with Gasteiger partial charge in [0.1, 0.15) is 0 Å². The summed E-state index contributed by atoms with van der Waals surface area (Å²) >= 11 is 0. The Labute approximate surface area is 227 Å². The van der Waals surface area contributed by atoms with Crippen LogP contribution in [0.5, 0.6) is 0 Å². The smallest absolute Gasteiger partial charge is 0.0225 e. The quantitative estimate of drug-likeness (QED) is 0.133. The van der Waals surface area contributed by atoms with Crippen molar-refractivity contribution in [2.75, 3.05) is 0 Å². The molecule has 0 unspecified atom stereocenters. The topological polar surface area (TPSA) is 0 Å². The molecule has 0 nitrogen and oxygen atoms in total. The highest BCUT2D eigenvalue weighted by Crippen LogP contribution is 2.28. The van der Waals surface area contributed by atoms with Crippen molar-refractivity contribution in [1.82, 2.24) is 0 Å². The molecular weight excluding hydrogens is 432 g/mol. The first-order chi connectivity index (χ1) is 17.8. The van der Waals surface area contributed by atoms with Crippen molar-refractivity contribution >= 4 is 5.57 Å². The summed E-state index contributed by atoms with van der Waals surface area (Å²) in [7, 11) is 0. The Morgan fingerprint density at radius 2 is 1.03 bits per heavy atom. The molecule has 0 N–H and O–H groups in total. The zero-order valence-electron chi connectivity index (χ0n) is 24.7. The lowest BCUT2D eigenvalue weighted by Gasteiger charge is -2.18. The second kappa shape index (κ2) is 22.0. The number of unbranched alkanes of at least 4 members (excludes halogenated alkanes) is 19. The average molecular weight is 495 g/mol. The Bertz CT molecular complexity index is 667. The van der Waals surface area contributed by atoms with Gasteiger partial charge in [0.05, 0.1) is 0 Å². The highest BCUT2D eigenvalue weighted by molar-refractivity contribution is 5.66. The molecule has 0 aliphatic heterocycles. The van der Waals surface area contributed by atoms with Crippen molar-refractivity contribution in [3.63, 3.8) is 0 Å². The van der Waals surface area contributed by atoms with Crippen LogP contribution in [0.25, 0.3) is 5.57 Å². The van der Waals surface area contributed by atoms with Crippen LogP contribution in [-0.2, 0) is 12.8 Å². The van der Waals surface area contributed by atoms with E-state index in [1.807, 2.05) is 0 Å². The molecule has 36 heavy (non-hydrogen) atoms. The predicted molar refractivity (Wildman–Crippen MR) is 164 cm³/mol. The predicted octanol–water partition coefficient (Wildman–Crippen LogP) is 12.6. The summed E-state index contributed by atoms with van der Waals surface area (Å²) < 4.78 is 0. The Morgan fingerprint density at radius 3 is 1.56 bits per heavy atom. The van der Waals surface area contributed by atoms with Crippen LogP contribution in [0.4, 0.5) is 0 Å². The lowest BCUT2D eigenvalue weighted by atomic mass is 9.88. The summed E-state index contributed by atoms with van der Waals surface area (Å²) in [6.45, 7) is 4.63. The van der Waals surface area contributed by atoms with Crippen molar-refractivity contribution < 1.29 is 0 Å². The number of hydrogen-bond acceptors (Lipinski definition) is 0. The van der Waals surface area contributed by atoms with E-state index in [1.165, 1.54) is 173 Å². The maximum absolute atomic E-state index is 2.59. The minimum atomic E-state index is 1.26. The van der Waals surface area contributed by atoms with Gasteiger partial charge >= 0.3 is 0 Å². The van der Waals surface area contributed by atoms with Gasteiger partial charge in [-0.25, -0.2) is 0 Å². The van der Waals surface area contributed by atoms with E-state index in [4.69, 9.17) is 0 Å². The maximum atomic E-state index is 2.59. The molecular formula is C36H62. The van der Waals surface area contributed by atoms with E-state index < -0.39 is 0 Å². The molecule has 1 aliphatic rings. The van der Waals surface area contributed by atoms with Gasteiger partial charge in [-0.1, -0.05) is 154 Å². The van der Waals surface area contributed by atoms with Gasteiger partial charge in [0.2, 0.25) is 0 Å². The van der Waals surface area contributed by atoms with Crippen LogP contribution in [0.3, 0.4) is 0 Å². The Hall–Kier alpha value is -1.04. The van der Waals surface area contributed by atoms with Gasteiger partial charge in [0, 0.05) is 0 Å². The third-order valence-corrected chi connectivity index (χ3v) is 8.47. The first-order valence-electron chi connectivity index (χ1n) is 16.7. The highest BCUT2D eigenvalue weighted by Gasteiger charge is 2.11. The second-order valence-electron chi connectivity index (χ2n) is 11.8. The van der Waals surface area contributed by atoms with Gasteiger partial charge in [-0.3, -0.25) is 0 Å². The molecule has 0 bridgehead atoms. The molecule has 1 aromatic rings. The molecule has 0 aromatic heterocycles. The molecule has 0 atom stereocenters. The van der Waals surface area contributed by atoms with Crippen molar-refractivity contribution in [2.45, 2.75) is 181 Å². The number of benzene rings is 1. The summed E-state index contributed by atoms with van der Waals surface area (Å²) in [6, 6.07) is 7.38. The average Bonchev–Trinajstić information content (AvgIpc) is 2.91. The minimum Gasteiger partial charge on any atom is -0.0807 e. The Kier molecular flexibility index (Phi) is 19.0. The molecule has 0 spiro atoms. The van der Waals surface area contributed by atoms with Gasteiger partial charge in [-0.15, -0.1) is 0 Å². The summed E-state index contributed by atoms with van der Waals surface area (Å²) in [4.78, 5) is 0. The van der Waals surface area contributed by atoms with E-state index in [-0.39, 0.29) is 0 Å². The van der Waals surface area contributed by atoms with Gasteiger partial charge in [0.25, 0.3) is 0 Å². The summed E-state index contributed by atoms with van der Waals surface area (Å²) in [5, 5.41) is 0. The van der Waals surface area contributed by atoms with E-state index in [0.717, 1.165) is 0 Å². The van der Waals surface area contributed by atoms with Crippen LogP contribution < -0.4 is 0 Å². The fraction of sp³-hybridized carbons (Fsp3) is 0.778. The van der Waals surface area contributed by atoms with Crippen LogP contribution in [0.1, 0.15) is 185 Å². The molecule has 0 amide bonds. The first kappa shape index (κ1) is 31.2. The largest absolute Gasteiger partial charge is 0.0807 e. The third kappa shape index (κ3) is 14.6. The zero-order chi connectivity index (χ0) is 25.5. The maximum Gasteiger partial charge on any atom is -0.0225 e. The van der Waals surface area contributed by atoms with Gasteiger partial charge in [-0.05, 0) is 73.6 Å². The second-order valence-corrected chi connectivity index (χ2v) is 11.8. The summed E-state index contributed by atoms with van der Waals surface area (Å²) in [5.41, 5.74) is 6.39. The fourth-order valence-corrected chi connectivity index (χ4v) is 5.99. The van der Waals surface area contributed by atoms with Crippen molar-refractivity contribution in [2.24, 2.45) is 0 Å². The molecule has 2 rings (SSSR count). The number of aryl methyl sites for hydroxylation is 2. The van der Waals surface area contributed by atoms with Crippen molar-refractivity contribution in [3.8, 4) is 0 Å². The normalized spacial score (nSPS) is 13.8. The van der Waals surface area contributed by atoms with Crippen molar-refractivity contribution in [3.05, 3.63) is 41.0 Å². The van der Waals surface area contributed by atoms with Crippen LogP contribution in [0.15, 0.2) is 24.3 Å². The van der Waals surface area contributed by atoms with Gasteiger partial charge < -0.3 is 0 Å². The molecule has 0 saturated heterocycles. The van der Waals surface area contributed by atoms with Gasteiger partial charge in [-0.2, -0.15) is 0 Å². The Morgan fingerprint density at radius 1 is 0.556 bits per heavy atom. The molecule has 0 fully saturated rings. The molecule has 0 saturated carbocycles. The van der Waals surface area contributed by atoms with Crippen LogP contribution in [0, 0.1) is 0 Å². The van der Waals surface area contributed by atoms with Crippen LogP contribution in [-0.4, -0.2) is 0 Å². The lowest BCUT2D eigenvalue weighted by Crippen LogP contribution is -2.03. The van der Waals surface area contributed by atoms with E-state index in [2.05, 4.69) is 38.1 Å². The van der Waals surface area contributed by atoms with E-state index in [1.54, 1.807) is 16.7 Å². The SMILES string of the molecule is CCCCCCCCCCCCCCCCCCCCC=C(CCCC)c1ccc2c(c1)CCCC2. The first-order valence-corrected chi connectivity index (χ1v) is 16.7. The van der Waals surface area contributed by atoms with E-state index in [9.17, 15) is 0 Å². The summed E-state index contributed by atoms with van der Waals surface area (Å²) in [5.74, 6) is 0. The van der Waals surface area contributed by atoms with E-state index >= 15 is 0 Å². The van der Waals surface area contributed by atoms with Crippen LogP contribution >= 0.6 is 0 Å². The van der Waals surface area contributed by atoms with Crippen LogP contribution in [0.2, 0.25) is 0 Å². The lowest BCUT2D eigenvalue weighted by molar-refractivity contribution is 0.525. The summed E-state index contributed by atoms with van der Waals surface area (Å²) in [6.07, 6.45) is 39.3. The molecule has 1 aromatic carbocycles. The number of hydrogen-bond donors (Lipinski definition) is 0. The molecule has 1 aliphatic carbocycles. The molecule has 0 heteroatoms. The monoisotopic (exact) mass is 494 g/mol. The minimum absolute atomic E-state index is 1.26. The zero-order valence-corrected chi connectivity index (χ0v) is 24.7. The standard InChI is InChI=1S/C36H62/c1-3-5-7-8-9-10-11-12-13-14-15-16-17-18-19-20-21-22-23-27-33(26-6-4-2)36-31-30-34-28-24-25-29-35(34)32-36/h27,30-32H,3-26,28-29H2,1-2H3. The molecule has 0 heterocycles. The highest BCUT2D eigenvalue weighted by atomic mass is 14.2. The third-order valence-electron chi connectivity index (χ3n) is 8.47. The van der Waals surface area contributed by atoms with E-state index in [0.29, 0.717) is 0 Å². The number of allylic oxidation sites excluding steroid dienone is 2. The number of fused-ring (bicyclic) bond motifs is 1. The van der Waals surface area contributed by atoms with Crippen molar-refractivity contribution in [1.29, 1.82) is 0 Å².